The first-order valence-corrected chi connectivity index (χ1v) is 8.79. The zero-order chi connectivity index (χ0) is 17.9. The molecule has 0 aliphatic rings. The lowest BCUT2D eigenvalue weighted by molar-refractivity contribution is 0.0332. The summed E-state index contributed by atoms with van der Waals surface area (Å²) in [4.78, 5) is 2.26. The number of methoxy groups -OCH3 is 2. The summed E-state index contributed by atoms with van der Waals surface area (Å²) in [6.45, 7) is 4.20. The van der Waals surface area contributed by atoms with Gasteiger partial charge in [0.2, 0.25) is 0 Å². The molecule has 0 aliphatic carbocycles. The van der Waals surface area contributed by atoms with Crippen LogP contribution in [-0.2, 0) is 22.6 Å². The summed E-state index contributed by atoms with van der Waals surface area (Å²) in [5.74, 6) is 0. The van der Waals surface area contributed by atoms with E-state index in [0.29, 0.717) is 13.2 Å². The van der Waals surface area contributed by atoms with Crippen LogP contribution in [0.5, 0.6) is 0 Å². The number of aliphatic hydroxyl groups excluding tert-OH is 1. The third-order valence-corrected chi connectivity index (χ3v) is 4.16. The number of rotatable bonds is 12. The molecule has 0 amide bonds. The molecule has 5 heteroatoms. The standard InChI is InChI=1S/C20H30N2O3/c1-24-13-7-11-21(16-20(23)17-25-2)15-19-10-6-12-22(19)14-18-8-4-3-5-9-18/h3-6,8-10,12,20,23H,7,11,13-17H2,1-2H3/t20-/m0/s1. The highest BCUT2D eigenvalue weighted by Gasteiger charge is 2.14. The molecule has 1 N–H and O–H groups in total. The zero-order valence-electron chi connectivity index (χ0n) is 15.3. The average Bonchev–Trinajstić information content (AvgIpc) is 3.03. The fourth-order valence-corrected chi connectivity index (χ4v) is 2.97. The SMILES string of the molecule is COCCCN(Cc1cccn1Cc1ccccc1)C[C@H](O)COC. The van der Waals surface area contributed by atoms with Crippen LogP contribution in [-0.4, -0.2) is 61.2 Å². The Morgan fingerprint density at radius 1 is 1.08 bits per heavy atom. The first-order chi connectivity index (χ1) is 12.2. The van der Waals surface area contributed by atoms with Crippen LogP contribution in [0.3, 0.4) is 0 Å². The largest absolute Gasteiger partial charge is 0.389 e. The lowest BCUT2D eigenvalue weighted by Gasteiger charge is -2.25. The molecule has 0 aliphatic heterocycles. The van der Waals surface area contributed by atoms with Crippen molar-refractivity contribution in [2.24, 2.45) is 0 Å². The third-order valence-electron chi connectivity index (χ3n) is 4.16. The molecule has 0 fully saturated rings. The van der Waals surface area contributed by atoms with Gasteiger partial charge in [-0.05, 0) is 24.1 Å². The number of hydrogen-bond donors (Lipinski definition) is 1. The summed E-state index contributed by atoms with van der Waals surface area (Å²) >= 11 is 0. The van der Waals surface area contributed by atoms with Gasteiger partial charge in [-0.1, -0.05) is 30.3 Å². The Balaban J connectivity index is 2.00. The van der Waals surface area contributed by atoms with Gasteiger partial charge in [-0.3, -0.25) is 4.90 Å². The summed E-state index contributed by atoms with van der Waals surface area (Å²) in [7, 11) is 3.33. The minimum atomic E-state index is -0.481. The van der Waals surface area contributed by atoms with Crippen molar-refractivity contribution in [1.82, 2.24) is 9.47 Å². The topological polar surface area (TPSA) is 46.9 Å². The molecule has 25 heavy (non-hydrogen) atoms. The molecule has 0 saturated carbocycles. The van der Waals surface area contributed by atoms with E-state index in [2.05, 4.69) is 52.1 Å². The molecule has 0 saturated heterocycles. The molecular weight excluding hydrogens is 316 g/mol. The average molecular weight is 346 g/mol. The van der Waals surface area contributed by atoms with Gasteiger partial charge in [0.05, 0.1) is 12.7 Å². The Hall–Kier alpha value is -1.66. The van der Waals surface area contributed by atoms with Crippen LogP contribution in [0.15, 0.2) is 48.7 Å². The van der Waals surface area contributed by atoms with Crippen LogP contribution in [0, 0.1) is 0 Å². The second kappa shape index (κ2) is 11.1. The van der Waals surface area contributed by atoms with Crippen molar-refractivity contribution in [3.05, 3.63) is 59.9 Å². The Kier molecular flexibility index (Phi) is 8.69. The van der Waals surface area contributed by atoms with Gasteiger partial charge in [0, 0.05) is 58.9 Å². The fraction of sp³-hybridized carbons (Fsp3) is 0.500. The van der Waals surface area contributed by atoms with E-state index in [1.807, 2.05) is 6.07 Å². The van der Waals surface area contributed by atoms with Gasteiger partial charge >= 0.3 is 0 Å². The summed E-state index contributed by atoms with van der Waals surface area (Å²) in [5.41, 5.74) is 2.52. The van der Waals surface area contributed by atoms with Crippen molar-refractivity contribution in [3.8, 4) is 0 Å². The van der Waals surface area contributed by atoms with Crippen molar-refractivity contribution in [3.63, 3.8) is 0 Å². The molecule has 1 aromatic carbocycles. The van der Waals surface area contributed by atoms with E-state index >= 15 is 0 Å². The molecule has 5 nitrogen and oxygen atoms in total. The summed E-state index contributed by atoms with van der Waals surface area (Å²) in [6, 6.07) is 14.7. The molecule has 1 heterocycles. The Bertz CT molecular complexity index is 586. The number of aromatic nitrogens is 1. The predicted molar refractivity (Wildman–Crippen MR) is 99.6 cm³/mol. The second-order valence-corrected chi connectivity index (χ2v) is 6.30. The molecule has 0 spiro atoms. The van der Waals surface area contributed by atoms with Gasteiger partial charge < -0.3 is 19.1 Å². The molecule has 0 bridgehead atoms. The molecule has 2 aromatic rings. The maximum atomic E-state index is 10.1. The van der Waals surface area contributed by atoms with Gasteiger partial charge in [0.15, 0.2) is 0 Å². The summed E-state index contributed by atoms with van der Waals surface area (Å²) in [5, 5.41) is 10.1. The van der Waals surface area contributed by atoms with Gasteiger partial charge in [0.1, 0.15) is 0 Å². The van der Waals surface area contributed by atoms with Crippen molar-refractivity contribution < 1.29 is 14.6 Å². The van der Waals surface area contributed by atoms with Gasteiger partial charge in [-0.2, -0.15) is 0 Å². The highest BCUT2D eigenvalue weighted by Crippen LogP contribution is 2.11. The first-order valence-electron chi connectivity index (χ1n) is 8.79. The monoisotopic (exact) mass is 346 g/mol. The highest BCUT2D eigenvalue weighted by molar-refractivity contribution is 5.17. The molecule has 0 radical (unpaired) electrons. The fourth-order valence-electron chi connectivity index (χ4n) is 2.97. The number of benzene rings is 1. The van der Waals surface area contributed by atoms with Crippen molar-refractivity contribution in [2.45, 2.75) is 25.6 Å². The van der Waals surface area contributed by atoms with Crippen molar-refractivity contribution in [2.75, 3.05) is 40.5 Å². The highest BCUT2D eigenvalue weighted by atomic mass is 16.5. The van der Waals surface area contributed by atoms with Gasteiger partial charge in [-0.15, -0.1) is 0 Å². The Morgan fingerprint density at radius 2 is 1.88 bits per heavy atom. The van der Waals surface area contributed by atoms with Gasteiger partial charge in [-0.25, -0.2) is 0 Å². The Labute approximate surface area is 150 Å². The predicted octanol–water partition coefficient (Wildman–Crippen LogP) is 2.38. The van der Waals surface area contributed by atoms with Crippen molar-refractivity contribution >= 4 is 0 Å². The zero-order valence-corrected chi connectivity index (χ0v) is 15.3. The molecule has 1 atom stereocenters. The third kappa shape index (κ3) is 7.00. The van der Waals surface area contributed by atoms with Crippen LogP contribution < -0.4 is 0 Å². The minimum absolute atomic E-state index is 0.353. The van der Waals surface area contributed by atoms with E-state index in [9.17, 15) is 5.11 Å². The van der Waals surface area contributed by atoms with Crippen molar-refractivity contribution in [1.29, 1.82) is 0 Å². The normalized spacial score (nSPS) is 12.6. The lowest BCUT2D eigenvalue weighted by atomic mass is 10.2. The van der Waals surface area contributed by atoms with Crippen LogP contribution in [0.4, 0.5) is 0 Å². The van der Waals surface area contributed by atoms with E-state index in [4.69, 9.17) is 9.47 Å². The summed E-state index contributed by atoms with van der Waals surface area (Å²) in [6.07, 6.45) is 2.57. The summed E-state index contributed by atoms with van der Waals surface area (Å²) < 4.78 is 12.5. The second-order valence-electron chi connectivity index (χ2n) is 6.30. The lowest BCUT2D eigenvalue weighted by Crippen LogP contribution is -2.36. The van der Waals surface area contributed by atoms with E-state index < -0.39 is 6.10 Å². The maximum Gasteiger partial charge on any atom is 0.0900 e. The molecule has 2 rings (SSSR count). The van der Waals surface area contributed by atoms with E-state index in [1.54, 1.807) is 14.2 Å². The van der Waals surface area contributed by atoms with E-state index in [0.717, 1.165) is 32.7 Å². The molecule has 1 aromatic heterocycles. The number of hydrogen-bond acceptors (Lipinski definition) is 4. The van der Waals surface area contributed by atoms with Crippen LogP contribution >= 0.6 is 0 Å². The first kappa shape index (κ1) is 19.7. The number of ether oxygens (including phenoxy) is 2. The molecule has 138 valence electrons. The number of aliphatic hydroxyl groups is 1. The minimum Gasteiger partial charge on any atom is -0.389 e. The van der Waals surface area contributed by atoms with E-state index in [-0.39, 0.29) is 0 Å². The molecular formula is C20H30N2O3. The van der Waals surface area contributed by atoms with Crippen LogP contribution in [0.2, 0.25) is 0 Å². The maximum absolute atomic E-state index is 10.1. The van der Waals surface area contributed by atoms with Crippen LogP contribution in [0.25, 0.3) is 0 Å². The van der Waals surface area contributed by atoms with E-state index in [1.165, 1.54) is 11.3 Å². The van der Waals surface area contributed by atoms with Crippen LogP contribution in [0.1, 0.15) is 17.7 Å². The quantitative estimate of drug-likeness (QED) is 0.600. The smallest absolute Gasteiger partial charge is 0.0900 e. The number of nitrogens with zero attached hydrogens (tertiary/aromatic N) is 2. The van der Waals surface area contributed by atoms with Gasteiger partial charge in [0.25, 0.3) is 0 Å². The Morgan fingerprint density at radius 3 is 2.60 bits per heavy atom. The molecule has 0 unspecified atom stereocenters.